The van der Waals surface area contributed by atoms with Crippen molar-refractivity contribution in [1.29, 1.82) is 0 Å². The number of nitrogens with one attached hydrogen (secondary N) is 1. The van der Waals surface area contributed by atoms with Gasteiger partial charge in [0.05, 0.1) is 6.61 Å². The molecule has 0 aromatic rings. The molecule has 0 saturated carbocycles. The highest BCUT2D eigenvalue weighted by Crippen LogP contribution is 2.00. The average Bonchev–Trinajstić information content (AvgIpc) is 2.16. The summed E-state index contributed by atoms with van der Waals surface area (Å²) < 4.78 is 5.02. The number of thioether (sulfide) groups is 1. The van der Waals surface area contributed by atoms with Crippen molar-refractivity contribution >= 4 is 23.4 Å². The van der Waals surface area contributed by atoms with Crippen molar-refractivity contribution < 1.29 is 4.74 Å². The molecule has 0 rings (SSSR count). The van der Waals surface area contributed by atoms with E-state index in [1.54, 1.807) is 7.11 Å². The van der Waals surface area contributed by atoms with Crippen LogP contribution in [0.4, 0.5) is 0 Å². The van der Waals surface area contributed by atoms with Crippen LogP contribution in [0.2, 0.25) is 0 Å². The smallest absolute Gasteiger partial charge is 0.0627 e. The van der Waals surface area contributed by atoms with Crippen molar-refractivity contribution in [2.75, 3.05) is 37.6 Å². The lowest BCUT2D eigenvalue weighted by molar-refractivity contribution is 0.173. The van der Waals surface area contributed by atoms with Crippen molar-refractivity contribution in [3.8, 4) is 0 Å². The number of halogens is 1. The zero-order valence-corrected chi connectivity index (χ0v) is 10.1. The van der Waals surface area contributed by atoms with Gasteiger partial charge in [0.25, 0.3) is 0 Å². The van der Waals surface area contributed by atoms with Crippen LogP contribution in [0, 0.1) is 0 Å². The van der Waals surface area contributed by atoms with E-state index in [1.807, 2.05) is 11.8 Å². The molecule has 0 spiro atoms. The van der Waals surface area contributed by atoms with Crippen molar-refractivity contribution in [3.63, 3.8) is 0 Å². The van der Waals surface area contributed by atoms with Gasteiger partial charge in [-0.1, -0.05) is 6.92 Å². The molecule has 0 radical (unpaired) electrons. The minimum Gasteiger partial charge on any atom is -0.383 e. The Morgan fingerprint density at radius 3 is 2.85 bits per heavy atom. The van der Waals surface area contributed by atoms with Crippen LogP contribution in [0.1, 0.15) is 13.3 Å². The van der Waals surface area contributed by atoms with Gasteiger partial charge in [-0.25, -0.2) is 0 Å². The molecule has 0 aliphatic carbocycles. The first-order valence-corrected chi connectivity index (χ1v) is 6.40. The Bertz CT molecular complexity index is 106. The number of ether oxygens (including phenoxy) is 1. The molecule has 1 N–H and O–H groups in total. The lowest BCUT2D eigenvalue weighted by Crippen LogP contribution is -2.35. The summed E-state index contributed by atoms with van der Waals surface area (Å²) in [5.41, 5.74) is 0. The topological polar surface area (TPSA) is 21.3 Å². The third-order valence-corrected chi connectivity index (χ3v) is 3.01. The Kier molecular flexibility index (Phi) is 11.1. The fraction of sp³-hybridized carbons (Fsp3) is 1.00. The number of hydrogen-bond donors (Lipinski definition) is 1. The summed E-state index contributed by atoms with van der Waals surface area (Å²) in [6, 6.07) is 0.304. The van der Waals surface area contributed by atoms with E-state index < -0.39 is 0 Å². The molecule has 0 aliphatic rings. The van der Waals surface area contributed by atoms with Crippen molar-refractivity contribution in [3.05, 3.63) is 0 Å². The molecule has 1 atom stereocenters. The van der Waals surface area contributed by atoms with E-state index in [0.29, 0.717) is 18.5 Å². The van der Waals surface area contributed by atoms with Crippen LogP contribution in [-0.2, 0) is 4.74 Å². The van der Waals surface area contributed by atoms with Gasteiger partial charge in [-0.05, 0) is 24.5 Å². The summed E-state index contributed by atoms with van der Waals surface area (Å²) in [6.45, 7) is 3.92. The predicted molar refractivity (Wildman–Crippen MR) is 62.0 cm³/mol. The molecular formula is C9H20ClNOS. The fourth-order valence-electron chi connectivity index (χ4n) is 0.984. The SMILES string of the molecule is CCSCCCNC(CCl)COC. The third kappa shape index (κ3) is 8.88. The van der Waals surface area contributed by atoms with E-state index in [1.165, 1.54) is 17.9 Å². The fourth-order valence-corrected chi connectivity index (χ4v) is 1.82. The van der Waals surface area contributed by atoms with Gasteiger partial charge in [-0.3, -0.25) is 0 Å². The molecule has 0 aromatic carbocycles. The van der Waals surface area contributed by atoms with Gasteiger partial charge in [0, 0.05) is 19.0 Å². The number of hydrogen-bond acceptors (Lipinski definition) is 3. The summed E-state index contributed by atoms with van der Waals surface area (Å²) in [4.78, 5) is 0. The Morgan fingerprint density at radius 2 is 2.31 bits per heavy atom. The van der Waals surface area contributed by atoms with Gasteiger partial charge >= 0.3 is 0 Å². The van der Waals surface area contributed by atoms with E-state index in [4.69, 9.17) is 16.3 Å². The molecule has 13 heavy (non-hydrogen) atoms. The summed E-state index contributed by atoms with van der Waals surface area (Å²) in [5.74, 6) is 3.05. The number of rotatable bonds is 9. The van der Waals surface area contributed by atoms with Gasteiger partial charge in [-0.15, -0.1) is 11.6 Å². The molecule has 2 nitrogen and oxygen atoms in total. The van der Waals surface area contributed by atoms with Crippen LogP contribution in [0.5, 0.6) is 0 Å². The average molecular weight is 226 g/mol. The van der Waals surface area contributed by atoms with Crippen LogP contribution >= 0.6 is 23.4 Å². The summed E-state index contributed by atoms with van der Waals surface area (Å²) in [6.07, 6.45) is 1.20. The third-order valence-electron chi connectivity index (χ3n) is 1.66. The van der Waals surface area contributed by atoms with Gasteiger partial charge in [-0.2, -0.15) is 11.8 Å². The van der Waals surface area contributed by atoms with Crippen LogP contribution < -0.4 is 5.32 Å². The molecule has 80 valence electrons. The molecule has 0 amide bonds. The lowest BCUT2D eigenvalue weighted by Gasteiger charge is -2.14. The predicted octanol–water partition coefficient (Wildman–Crippen LogP) is 1.97. The van der Waals surface area contributed by atoms with E-state index in [2.05, 4.69) is 12.2 Å². The van der Waals surface area contributed by atoms with Crippen molar-refractivity contribution in [2.24, 2.45) is 0 Å². The maximum absolute atomic E-state index is 5.74. The molecule has 0 heterocycles. The number of methoxy groups -OCH3 is 1. The van der Waals surface area contributed by atoms with Crippen molar-refractivity contribution in [2.45, 2.75) is 19.4 Å². The highest BCUT2D eigenvalue weighted by atomic mass is 35.5. The van der Waals surface area contributed by atoms with Gasteiger partial charge in [0.1, 0.15) is 0 Å². The van der Waals surface area contributed by atoms with Crippen LogP contribution in [0.15, 0.2) is 0 Å². The normalized spacial score (nSPS) is 13.2. The number of alkyl halides is 1. The summed E-state index contributed by atoms with van der Waals surface area (Å²) in [5, 5.41) is 3.36. The molecular weight excluding hydrogens is 206 g/mol. The quantitative estimate of drug-likeness (QED) is 0.479. The minimum absolute atomic E-state index is 0.304. The largest absolute Gasteiger partial charge is 0.383 e. The van der Waals surface area contributed by atoms with E-state index in [9.17, 15) is 0 Å². The summed E-state index contributed by atoms with van der Waals surface area (Å²) in [7, 11) is 1.70. The van der Waals surface area contributed by atoms with Gasteiger partial charge in [0.15, 0.2) is 0 Å². The van der Waals surface area contributed by atoms with Gasteiger partial charge < -0.3 is 10.1 Å². The monoisotopic (exact) mass is 225 g/mol. The molecule has 0 aliphatic heterocycles. The summed E-state index contributed by atoms with van der Waals surface area (Å²) >= 11 is 7.72. The van der Waals surface area contributed by atoms with Gasteiger partial charge in [0.2, 0.25) is 0 Å². The Morgan fingerprint density at radius 1 is 1.54 bits per heavy atom. The van der Waals surface area contributed by atoms with Crippen LogP contribution in [-0.4, -0.2) is 43.7 Å². The first kappa shape index (κ1) is 13.6. The van der Waals surface area contributed by atoms with E-state index in [-0.39, 0.29) is 0 Å². The maximum Gasteiger partial charge on any atom is 0.0627 e. The Hall–Kier alpha value is 0.560. The first-order valence-electron chi connectivity index (χ1n) is 4.71. The molecule has 1 unspecified atom stereocenters. The highest BCUT2D eigenvalue weighted by Gasteiger charge is 2.04. The second kappa shape index (κ2) is 10.6. The molecule has 0 aromatic heterocycles. The highest BCUT2D eigenvalue weighted by molar-refractivity contribution is 7.99. The Balaban J connectivity index is 3.17. The standard InChI is InChI=1S/C9H20ClNOS/c1-3-13-6-4-5-11-9(7-10)8-12-2/h9,11H,3-8H2,1-2H3. The zero-order chi connectivity index (χ0) is 9.94. The molecule has 0 saturated heterocycles. The second-order valence-corrected chi connectivity index (χ2v) is 4.51. The maximum atomic E-state index is 5.74. The van der Waals surface area contributed by atoms with E-state index in [0.717, 1.165) is 6.54 Å². The Labute approximate surface area is 90.7 Å². The first-order chi connectivity index (χ1) is 6.35. The minimum atomic E-state index is 0.304. The molecule has 0 fully saturated rings. The lowest BCUT2D eigenvalue weighted by atomic mass is 10.3. The molecule has 0 bridgehead atoms. The second-order valence-electron chi connectivity index (χ2n) is 2.81. The van der Waals surface area contributed by atoms with Crippen LogP contribution in [0.25, 0.3) is 0 Å². The zero-order valence-electron chi connectivity index (χ0n) is 8.51. The molecule has 4 heteroatoms. The van der Waals surface area contributed by atoms with E-state index >= 15 is 0 Å². The van der Waals surface area contributed by atoms with Crippen LogP contribution in [0.3, 0.4) is 0 Å². The van der Waals surface area contributed by atoms with Crippen molar-refractivity contribution in [1.82, 2.24) is 5.32 Å².